The molecule has 0 fully saturated rings. The fourth-order valence-corrected chi connectivity index (χ4v) is 9.41. The van der Waals surface area contributed by atoms with Gasteiger partial charge < -0.3 is 24.0 Å². The van der Waals surface area contributed by atoms with Gasteiger partial charge in [-0.15, -0.1) is 5.10 Å². The first-order valence-electron chi connectivity index (χ1n) is 19.0. The summed E-state index contributed by atoms with van der Waals surface area (Å²) in [7, 11) is 3.48. The SMILES string of the molecule is CCC(C)c1ccccc1OC(=O)NC.CCOP(=S)(OCC)SCn1nnc2ccccc2c1=O.Cc1ccc(N=CN(C)C=Nc2ccc(C)cc2C)c(C)c1. The number of aromatic nitrogens is 3. The van der Waals surface area contributed by atoms with Crippen LogP contribution in [-0.2, 0) is 26.7 Å². The van der Waals surface area contributed by atoms with Gasteiger partial charge in [-0.1, -0.05) is 84.8 Å². The third-order valence-corrected chi connectivity index (χ3v) is 13.8. The van der Waals surface area contributed by atoms with Gasteiger partial charge in [-0.2, -0.15) is 4.68 Å². The van der Waals surface area contributed by atoms with Gasteiger partial charge in [0.1, 0.15) is 17.1 Å². The zero-order valence-electron chi connectivity index (χ0n) is 35.1. The standard InChI is InChI=1S/C19H23N3.C12H16N3O3PS2.C12H17NO2/c1-14-6-8-18(16(3)10-14)20-12-22(5)13-21-19-9-7-15(2)11-17(19)4;1-3-17-19(20,18-4-2)21-9-15-12(16)10-7-5-6-8-11(10)13-14-15;1-4-9(2)10-7-5-6-8-11(10)15-12(14)13-3/h6-13H,1-5H3;5-8H,3-4,9H2,1-2H3;5-9H,4H2,1-3H3,(H,13,14). The third kappa shape index (κ3) is 15.2. The maximum Gasteiger partial charge on any atom is 0.412 e. The van der Waals surface area contributed by atoms with E-state index in [4.69, 9.17) is 25.6 Å². The van der Waals surface area contributed by atoms with Gasteiger partial charge in [-0.3, -0.25) is 4.79 Å². The first-order chi connectivity index (χ1) is 27.7. The van der Waals surface area contributed by atoms with Crippen LogP contribution in [0.1, 0.15) is 67.9 Å². The normalized spacial score (nSPS) is 11.8. The summed E-state index contributed by atoms with van der Waals surface area (Å²) in [5, 5.41) is 10.9. The highest BCUT2D eigenvalue weighted by Crippen LogP contribution is 2.61. The lowest BCUT2D eigenvalue weighted by Crippen LogP contribution is -2.23. The lowest BCUT2D eigenvalue weighted by molar-refractivity contribution is 0.202. The average molecular weight is 846 g/mol. The van der Waals surface area contributed by atoms with Crippen molar-refractivity contribution >= 4 is 69.9 Å². The molecule has 1 atom stereocenters. The topological polar surface area (TPSA) is 133 Å². The molecule has 0 saturated carbocycles. The van der Waals surface area contributed by atoms with Crippen molar-refractivity contribution in [2.24, 2.45) is 9.98 Å². The van der Waals surface area contributed by atoms with Crippen molar-refractivity contribution in [1.82, 2.24) is 25.2 Å². The highest BCUT2D eigenvalue weighted by Gasteiger charge is 2.20. The fraction of sp³-hybridized carbons (Fsp3) is 0.349. The molecule has 310 valence electrons. The molecule has 12 nitrogen and oxygen atoms in total. The Bertz CT molecular complexity index is 2200. The van der Waals surface area contributed by atoms with Crippen LogP contribution >= 0.6 is 17.1 Å². The number of amides is 1. The number of nitrogens with one attached hydrogen (secondary N) is 1. The van der Waals surface area contributed by atoms with E-state index in [-0.39, 0.29) is 11.4 Å². The minimum atomic E-state index is -2.44. The van der Waals surface area contributed by atoms with Gasteiger partial charge in [0.05, 0.1) is 42.7 Å². The minimum Gasteiger partial charge on any atom is -0.410 e. The number of aryl methyl sites for hydroxylation is 4. The Morgan fingerprint density at radius 2 is 1.45 bits per heavy atom. The molecular formula is C43H56N7O5PS2. The molecular weight excluding hydrogens is 790 g/mol. The number of fused-ring (bicyclic) bond motifs is 1. The molecule has 0 aliphatic carbocycles. The van der Waals surface area contributed by atoms with Gasteiger partial charge in [-0.05, 0) is 124 Å². The number of carbonyl (C=O) groups excluding carboxylic acids is 1. The van der Waals surface area contributed by atoms with Crippen molar-refractivity contribution in [2.45, 2.75) is 73.6 Å². The van der Waals surface area contributed by atoms with Crippen LogP contribution in [0, 0.1) is 27.7 Å². The average Bonchev–Trinajstić information content (AvgIpc) is 3.20. The van der Waals surface area contributed by atoms with Crippen LogP contribution in [0.2, 0.25) is 0 Å². The number of para-hydroxylation sites is 1. The number of benzene rings is 4. The van der Waals surface area contributed by atoms with Gasteiger partial charge in [0.15, 0.2) is 0 Å². The first-order valence-corrected chi connectivity index (χ1v) is 23.3. The quantitative estimate of drug-likeness (QED) is 0.0654. The van der Waals surface area contributed by atoms with Crippen LogP contribution < -0.4 is 15.6 Å². The summed E-state index contributed by atoms with van der Waals surface area (Å²) in [6.07, 6.45) is 4.16. The maximum absolute atomic E-state index is 12.3. The number of ether oxygens (including phenoxy) is 1. The number of rotatable bonds is 14. The number of hydrogen-bond acceptors (Lipinski definition) is 11. The Kier molecular flexibility index (Phi) is 19.9. The van der Waals surface area contributed by atoms with E-state index in [1.54, 1.807) is 37.9 Å². The molecule has 0 spiro atoms. The van der Waals surface area contributed by atoms with E-state index >= 15 is 0 Å². The zero-order chi connectivity index (χ0) is 42.7. The smallest absolute Gasteiger partial charge is 0.410 e. The van der Waals surface area contributed by atoms with Crippen molar-refractivity contribution < 1.29 is 18.6 Å². The van der Waals surface area contributed by atoms with E-state index < -0.39 is 11.8 Å². The molecule has 0 saturated heterocycles. The molecule has 0 aliphatic rings. The van der Waals surface area contributed by atoms with Crippen molar-refractivity contribution in [3.8, 4) is 5.75 Å². The van der Waals surface area contributed by atoms with Gasteiger partial charge in [0, 0.05) is 14.1 Å². The predicted octanol–water partition coefficient (Wildman–Crippen LogP) is 10.6. The van der Waals surface area contributed by atoms with Gasteiger partial charge in [0.2, 0.25) is 5.69 Å². The molecule has 15 heteroatoms. The number of hydrogen-bond donors (Lipinski definition) is 1. The molecule has 5 aromatic rings. The Morgan fingerprint density at radius 1 is 0.897 bits per heavy atom. The van der Waals surface area contributed by atoms with E-state index in [0.717, 1.165) is 23.4 Å². The van der Waals surface area contributed by atoms with Crippen LogP contribution in [0.5, 0.6) is 5.75 Å². The lowest BCUT2D eigenvalue weighted by Gasteiger charge is -2.19. The molecule has 1 N–H and O–H groups in total. The summed E-state index contributed by atoms with van der Waals surface area (Å²) in [5.74, 6) is 1.30. The molecule has 0 bridgehead atoms. The highest BCUT2D eigenvalue weighted by atomic mass is 32.9. The van der Waals surface area contributed by atoms with Crippen LogP contribution in [0.25, 0.3) is 10.9 Å². The third-order valence-electron chi connectivity index (χ3n) is 8.47. The minimum absolute atomic E-state index is 0.192. The van der Waals surface area contributed by atoms with Gasteiger partial charge in [-0.25, -0.2) is 14.8 Å². The molecule has 0 radical (unpaired) electrons. The summed E-state index contributed by atoms with van der Waals surface area (Å²) < 4.78 is 17.5. The van der Waals surface area contributed by atoms with Crippen LogP contribution in [0.3, 0.4) is 0 Å². The lowest BCUT2D eigenvalue weighted by atomic mass is 9.98. The number of nitrogens with zero attached hydrogens (tertiary/aromatic N) is 6. The summed E-state index contributed by atoms with van der Waals surface area (Å²) in [4.78, 5) is 34.3. The van der Waals surface area contributed by atoms with Crippen molar-refractivity contribution in [3.05, 3.63) is 123 Å². The molecule has 4 aromatic carbocycles. The number of aliphatic imine (C=N–C) groups is 2. The Morgan fingerprint density at radius 3 is 1.98 bits per heavy atom. The zero-order valence-corrected chi connectivity index (χ0v) is 37.7. The molecule has 5 rings (SSSR count). The van der Waals surface area contributed by atoms with E-state index in [1.165, 1.54) is 38.3 Å². The van der Waals surface area contributed by atoms with Gasteiger partial charge in [0.25, 0.3) is 5.56 Å². The molecule has 1 aromatic heterocycles. The second-order valence-electron chi connectivity index (χ2n) is 13.2. The maximum atomic E-state index is 12.3. The van der Waals surface area contributed by atoms with E-state index in [2.05, 4.69) is 91.4 Å². The molecule has 1 unspecified atom stereocenters. The van der Waals surface area contributed by atoms with Crippen LogP contribution in [-0.4, -0.2) is 66.0 Å². The van der Waals surface area contributed by atoms with Crippen molar-refractivity contribution in [2.75, 3.05) is 27.3 Å². The summed E-state index contributed by atoms with van der Waals surface area (Å²) in [6.45, 7) is 17.2. The molecule has 0 aliphatic heterocycles. The number of carbonyl (C=O) groups is 1. The van der Waals surface area contributed by atoms with E-state index in [9.17, 15) is 9.59 Å². The van der Waals surface area contributed by atoms with Crippen molar-refractivity contribution in [3.63, 3.8) is 0 Å². The summed E-state index contributed by atoms with van der Waals surface area (Å²) in [6, 6.07) is 27.2. The largest absolute Gasteiger partial charge is 0.412 e. The Labute approximate surface area is 352 Å². The molecule has 58 heavy (non-hydrogen) atoms. The van der Waals surface area contributed by atoms with E-state index in [1.807, 2.05) is 68.3 Å². The van der Waals surface area contributed by atoms with Gasteiger partial charge >= 0.3 is 6.09 Å². The second kappa shape index (κ2) is 24.3. The molecule has 1 heterocycles. The summed E-state index contributed by atoms with van der Waals surface area (Å²) >= 11 is 6.70. The summed E-state index contributed by atoms with van der Waals surface area (Å²) in [5.41, 5.74) is 5.84. The highest BCUT2D eigenvalue weighted by molar-refractivity contribution is 8.67. The molecule has 1 amide bonds. The second-order valence-corrected chi connectivity index (χ2v) is 19.5. The Hall–Kier alpha value is -4.72. The Balaban J connectivity index is 0.000000237. The first kappa shape index (κ1) is 47.7. The van der Waals surface area contributed by atoms with E-state index in [0.29, 0.717) is 35.8 Å². The van der Waals surface area contributed by atoms with Crippen LogP contribution in [0.15, 0.2) is 99.7 Å². The fourth-order valence-electron chi connectivity index (χ4n) is 5.25. The predicted molar refractivity (Wildman–Crippen MR) is 245 cm³/mol. The monoisotopic (exact) mass is 845 g/mol. The van der Waals surface area contributed by atoms with Crippen molar-refractivity contribution in [1.29, 1.82) is 0 Å². The van der Waals surface area contributed by atoms with Crippen LogP contribution in [0.4, 0.5) is 16.2 Å².